The molecule has 2 aliphatic rings. The highest BCUT2D eigenvalue weighted by atomic mass is 28.4. The van der Waals surface area contributed by atoms with Gasteiger partial charge in [0.1, 0.15) is 5.22 Å². The molecule has 0 aromatic heterocycles. The number of hydrogen-bond acceptors (Lipinski definition) is 4. The topological polar surface area (TPSA) is 49.6 Å². The molecule has 0 radical (unpaired) electrons. The molecule has 0 bridgehead atoms. The third-order valence-electron chi connectivity index (χ3n) is 4.03. The maximum atomic E-state index is 6.16. The van der Waals surface area contributed by atoms with Gasteiger partial charge in [0, 0.05) is 32.9 Å². The van der Waals surface area contributed by atoms with Crippen LogP contribution in [0.2, 0.25) is 6.04 Å². The first-order valence-corrected chi connectivity index (χ1v) is 10.3. The molecule has 0 saturated carbocycles. The Balaban J connectivity index is 0.000000584. The highest BCUT2D eigenvalue weighted by molar-refractivity contribution is 6.70. The second-order valence-electron chi connectivity index (χ2n) is 5.36. The van der Waals surface area contributed by atoms with E-state index < -0.39 is 8.56 Å². The maximum absolute atomic E-state index is 6.16. The first-order chi connectivity index (χ1) is 9.70. The van der Waals surface area contributed by atoms with Crippen molar-refractivity contribution in [3.8, 4) is 0 Å². The maximum Gasteiger partial charge on any atom is 0.371 e. The largest absolute Gasteiger partial charge is 0.393 e. The van der Waals surface area contributed by atoms with Crippen LogP contribution in [-0.2, 0) is 13.6 Å². The van der Waals surface area contributed by atoms with Gasteiger partial charge in [0.05, 0.1) is 0 Å². The summed E-state index contributed by atoms with van der Waals surface area (Å²) in [5, 5.41) is 2.88. The molecule has 1 unspecified atom stereocenters. The van der Waals surface area contributed by atoms with Crippen molar-refractivity contribution in [2.24, 2.45) is 0 Å². The monoisotopic (exact) mass is 303 g/mol. The van der Waals surface area contributed by atoms with Crippen molar-refractivity contribution in [2.45, 2.75) is 64.6 Å². The zero-order valence-corrected chi connectivity index (χ0v) is 14.8. The number of ether oxygens (including phenoxy) is 1. The average Bonchev–Trinajstić information content (AvgIpc) is 3.31. The second-order valence-corrected chi connectivity index (χ2v) is 8.85. The Hall–Kier alpha value is 0.0569. The first-order valence-electron chi connectivity index (χ1n) is 8.32. The van der Waals surface area contributed by atoms with E-state index in [9.17, 15) is 0 Å². The van der Waals surface area contributed by atoms with E-state index in [2.05, 4.69) is 33.0 Å². The van der Waals surface area contributed by atoms with Crippen LogP contribution in [0.3, 0.4) is 0 Å². The summed E-state index contributed by atoms with van der Waals surface area (Å²) in [6.07, 6.45) is 4.57. The van der Waals surface area contributed by atoms with E-state index in [-0.39, 0.29) is 5.22 Å². The van der Waals surface area contributed by atoms with Crippen LogP contribution < -0.4 is 5.32 Å². The minimum Gasteiger partial charge on any atom is -0.393 e. The molecule has 1 atom stereocenters. The fraction of sp³-hybridized carbons (Fsp3) is 1.00. The molecule has 0 spiro atoms. The van der Waals surface area contributed by atoms with E-state index in [4.69, 9.17) is 13.6 Å². The quantitative estimate of drug-likeness (QED) is 0.580. The molecule has 20 heavy (non-hydrogen) atoms. The number of rotatable bonds is 7. The Morgan fingerprint density at radius 2 is 1.55 bits per heavy atom. The zero-order chi connectivity index (χ0) is 14.9. The lowest BCUT2D eigenvalue weighted by atomic mass is 10.1. The predicted octanol–water partition coefficient (Wildman–Crippen LogP) is 3.00. The van der Waals surface area contributed by atoms with Gasteiger partial charge in [-0.1, -0.05) is 19.8 Å². The minimum atomic E-state index is -2.21. The Bertz CT molecular complexity index is 245. The fourth-order valence-corrected chi connectivity index (χ4v) is 7.57. The van der Waals surface area contributed by atoms with Crippen LogP contribution in [0.15, 0.2) is 0 Å². The third kappa shape index (κ3) is 4.53. The molecule has 0 aromatic carbocycles. The van der Waals surface area contributed by atoms with Gasteiger partial charge in [-0.05, 0) is 39.7 Å². The van der Waals surface area contributed by atoms with Crippen molar-refractivity contribution in [1.82, 2.24) is 5.32 Å². The van der Waals surface area contributed by atoms with E-state index in [0.717, 1.165) is 38.7 Å². The van der Waals surface area contributed by atoms with Gasteiger partial charge in [0.2, 0.25) is 0 Å². The van der Waals surface area contributed by atoms with Crippen molar-refractivity contribution in [1.29, 1.82) is 0 Å². The lowest BCUT2D eigenvalue weighted by Gasteiger charge is -2.49. The van der Waals surface area contributed by atoms with E-state index in [0.29, 0.717) is 0 Å². The van der Waals surface area contributed by atoms with E-state index in [1.54, 1.807) is 0 Å². The average molecular weight is 304 g/mol. The Kier molecular flexibility index (Phi) is 8.29. The second kappa shape index (κ2) is 9.15. The molecular weight excluding hydrogens is 270 g/mol. The molecule has 120 valence electrons. The third-order valence-corrected chi connectivity index (χ3v) is 8.69. The van der Waals surface area contributed by atoms with Crippen LogP contribution in [0.5, 0.6) is 0 Å². The van der Waals surface area contributed by atoms with Gasteiger partial charge in [-0.15, -0.1) is 0 Å². The van der Waals surface area contributed by atoms with E-state index >= 15 is 0 Å². The molecule has 0 aliphatic carbocycles. The number of hydrogen-bond donors (Lipinski definition) is 1. The van der Waals surface area contributed by atoms with Crippen LogP contribution in [0.25, 0.3) is 0 Å². The van der Waals surface area contributed by atoms with Gasteiger partial charge in [0.25, 0.3) is 0 Å². The summed E-state index contributed by atoms with van der Waals surface area (Å²) < 4.78 is 18.5. The fourth-order valence-electron chi connectivity index (χ4n) is 3.11. The van der Waals surface area contributed by atoms with Gasteiger partial charge in [-0.25, -0.2) is 0 Å². The zero-order valence-electron chi connectivity index (χ0n) is 13.8. The van der Waals surface area contributed by atoms with Crippen LogP contribution in [0.1, 0.15) is 53.4 Å². The molecule has 0 amide bonds. The van der Waals surface area contributed by atoms with Crippen molar-refractivity contribution >= 4 is 8.56 Å². The van der Waals surface area contributed by atoms with Crippen LogP contribution in [0, 0.1) is 0 Å². The predicted molar refractivity (Wildman–Crippen MR) is 85.2 cm³/mol. The van der Waals surface area contributed by atoms with Gasteiger partial charge < -0.3 is 18.9 Å². The molecule has 2 aliphatic heterocycles. The molecule has 5 heteroatoms. The van der Waals surface area contributed by atoms with Gasteiger partial charge >= 0.3 is 8.56 Å². The van der Waals surface area contributed by atoms with E-state index in [1.165, 1.54) is 25.9 Å². The molecule has 2 fully saturated rings. The Morgan fingerprint density at radius 1 is 0.950 bits per heavy atom. The Morgan fingerprint density at radius 3 is 1.95 bits per heavy atom. The lowest BCUT2D eigenvalue weighted by molar-refractivity contribution is -0.0426. The lowest BCUT2D eigenvalue weighted by Crippen LogP contribution is -2.65. The van der Waals surface area contributed by atoms with Crippen molar-refractivity contribution in [3.63, 3.8) is 0 Å². The highest BCUT2D eigenvalue weighted by Crippen LogP contribution is 2.42. The van der Waals surface area contributed by atoms with E-state index in [1.807, 2.05) is 0 Å². The molecular formula is C15H33NO3Si. The Labute approximate surface area is 125 Å². The first kappa shape index (κ1) is 18.1. The summed E-state index contributed by atoms with van der Waals surface area (Å²) >= 11 is 0. The number of nitrogens with one attached hydrogen (secondary N) is 1. The smallest absolute Gasteiger partial charge is 0.371 e. The summed E-state index contributed by atoms with van der Waals surface area (Å²) in [5.41, 5.74) is 0. The van der Waals surface area contributed by atoms with Crippen LogP contribution in [-0.4, -0.2) is 46.7 Å². The summed E-state index contributed by atoms with van der Waals surface area (Å²) in [5.74, 6) is 0. The van der Waals surface area contributed by atoms with Gasteiger partial charge in [0.15, 0.2) is 0 Å². The van der Waals surface area contributed by atoms with Crippen molar-refractivity contribution in [2.75, 3.05) is 32.9 Å². The molecule has 0 aromatic rings. The van der Waals surface area contributed by atoms with Crippen LogP contribution >= 0.6 is 0 Å². The molecule has 2 saturated heterocycles. The van der Waals surface area contributed by atoms with Gasteiger partial charge in [-0.2, -0.15) is 0 Å². The summed E-state index contributed by atoms with van der Waals surface area (Å²) in [6.45, 7) is 13.1. The van der Waals surface area contributed by atoms with Gasteiger partial charge in [-0.3, -0.25) is 0 Å². The standard InChI is InChI=1S/C13H28O3Si.C2H5N/c1-5-13(14-6-2)11-9-10-12-17(13,15-7-3)16-8-4;1-2-3-1/h5-12H2,1-4H3;3H,1-2H2. The molecule has 1 N–H and O–H groups in total. The highest BCUT2D eigenvalue weighted by Gasteiger charge is 2.58. The van der Waals surface area contributed by atoms with Crippen LogP contribution in [0.4, 0.5) is 0 Å². The van der Waals surface area contributed by atoms with Crippen molar-refractivity contribution < 1.29 is 13.6 Å². The molecule has 2 rings (SSSR count). The summed E-state index contributed by atoms with van der Waals surface area (Å²) in [7, 11) is -2.21. The normalized spacial score (nSPS) is 27.6. The summed E-state index contributed by atoms with van der Waals surface area (Å²) in [4.78, 5) is 0. The molecule has 2 heterocycles. The summed E-state index contributed by atoms with van der Waals surface area (Å²) in [6, 6.07) is 1.09. The minimum absolute atomic E-state index is 0.119. The SMILES string of the molecule is C1CN1.CCOC1(CC)CCCC[Si]1(OCC)OCC. The molecule has 4 nitrogen and oxygen atoms in total. The van der Waals surface area contributed by atoms with Crippen molar-refractivity contribution in [3.05, 3.63) is 0 Å².